The van der Waals surface area contributed by atoms with E-state index in [-0.39, 0.29) is 0 Å². The van der Waals surface area contributed by atoms with Gasteiger partial charge in [-0.3, -0.25) is 15.0 Å². The molecule has 0 bridgehead atoms. The zero-order valence-electron chi connectivity index (χ0n) is 78.0. The van der Waals surface area contributed by atoms with Gasteiger partial charge in [0, 0.05) is 96.2 Å². The third-order valence-electron chi connectivity index (χ3n) is 25.8. The van der Waals surface area contributed by atoms with E-state index in [0.717, 1.165) is 202 Å². The summed E-state index contributed by atoms with van der Waals surface area (Å²) in [4.78, 5) is 44.7. The second kappa shape index (κ2) is 40.2. The molecule has 24 rings (SSSR count). The summed E-state index contributed by atoms with van der Waals surface area (Å²) >= 11 is 0. The maximum Gasteiger partial charge on any atom is 0.160 e. The SMILES string of the molecule is Cc1ccc(-c2ccc(-c3cc(-c4ccc5ccccc5c4)cc(-c4nc(-c5ccccc5)cc(-c5ccccc5)n4)c3)cc2)cn1.Cc1cccc(-c2ccc(-c3cc(-c4ccc5ccccc5c4)cc(-c4nc(-c5ccccc5)cc(-c5ccccc5)n4)c3)cc2)n1.Cc1ncccc1-c1ccc(-c2cc(-c3ccc4ccccc4c3)cc(-c3nc(-c4ccccc4)cc(-c4ccccc4)n3)c2)cc1. The van der Waals surface area contributed by atoms with Crippen molar-refractivity contribution in [2.24, 2.45) is 0 Å². The summed E-state index contributed by atoms with van der Waals surface area (Å²) in [6.07, 6.45) is 3.77. The molecule has 0 aliphatic heterocycles. The number of aromatic nitrogens is 9. The largest absolute Gasteiger partial charge is 0.261 e. The fourth-order valence-corrected chi connectivity index (χ4v) is 18.3. The first-order valence-electron chi connectivity index (χ1n) is 47.5. The molecule has 0 unspecified atom stereocenters. The van der Waals surface area contributed by atoms with Gasteiger partial charge in [-0.2, -0.15) is 0 Å². The normalized spacial score (nSPS) is 11.1. The lowest BCUT2D eigenvalue weighted by atomic mass is 9.93. The number of fused-ring (bicyclic) bond motifs is 3. The van der Waals surface area contributed by atoms with E-state index in [1.54, 1.807) is 0 Å². The third kappa shape index (κ3) is 20.0. The predicted molar refractivity (Wildman–Crippen MR) is 584 cm³/mol. The van der Waals surface area contributed by atoms with E-state index in [0.29, 0.717) is 17.5 Å². The van der Waals surface area contributed by atoms with Crippen LogP contribution in [0, 0.1) is 20.8 Å². The first-order chi connectivity index (χ1) is 69.5. The second-order valence-electron chi connectivity index (χ2n) is 35.4. The number of hydrogen-bond acceptors (Lipinski definition) is 9. The maximum absolute atomic E-state index is 5.16. The number of pyridine rings is 3. The van der Waals surface area contributed by atoms with Crippen LogP contribution in [0.4, 0.5) is 0 Å². The Morgan fingerprint density at radius 3 is 0.702 bits per heavy atom. The Hall–Kier alpha value is -18.6. The van der Waals surface area contributed by atoms with Crippen molar-refractivity contribution in [3.05, 3.63) is 527 Å². The molecule has 9 heteroatoms. The van der Waals surface area contributed by atoms with Crippen molar-refractivity contribution in [1.82, 2.24) is 44.9 Å². The van der Waals surface area contributed by atoms with Crippen molar-refractivity contribution in [1.29, 1.82) is 0 Å². The number of nitrogens with zero attached hydrogens (tertiary/aromatic N) is 9. The van der Waals surface area contributed by atoms with Crippen molar-refractivity contribution in [2.45, 2.75) is 20.8 Å². The zero-order valence-corrected chi connectivity index (χ0v) is 78.0. The van der Waals surface area contributed by atoms with E-state index in [9.17, 15) is 0 Å². The number of benzene rings is 18. The molecule has 0 N–H and O–H groups in total. The van der Waals surface area contributed by atoms with Crippen molar-refractivity contribution in [2.75, 3.05) is 0 Å². The lowest BCUT2D eigenvalue weighted by Crippen LogP contribution is -1.97. The van der Waals surface area contributed by atoms with Crippen molar-refractivity contribution in [3.8, 4) is 202 Å². The van der Waals surface area contributed by atoms with Gasteiger partial charge in [0.05, 0.1) is 39.9 Å². The molecule has 0 saturated heterocycles. The van der Waals surface area contributed by atoms with Crippen LogP contribution in [0.2, 0.25) is 0 Å². The van der Waals surface area contributed by atoms with E-state index in [1.807, 2.05) is 123 Å². The fraction of sp³-hybridized carbons (Fsp3) is 0.0227. The first-order valence-corrected chi connectivity index (χ1v) is 47.5. The first kappa shape index (κ1) is 87.8. The quantitative estimate of drug-likeness (QED) is 0.0828. The summed E-state index contributed by atoms with van der Waals surface area (Å²) in [5.74, 6) is 2.07. The molecule has 0 aliphatic carbocycles. The molecule has 0 radical (unpaired) electrons. The molecule has 0 aliphatic rings. The van der Waals surface area contributed by atoms with E-state index in [4.69, 9.17) is 34.9 Å². The maximum atomic E-state index is 5.16. The lowest BCUT2D eigenvalue weighted by molar-refractivity contribution is 1.18. The minimum atomic E-state index is 0.690. The monoisotopic (exact) mass is 1800 g/mol. The molecule has 18 aromatic carbocycles. The Balaban J connectivity index is 0.000000121. The summed E-state index contributed by atoms with van der Waals surface area (Å²) in [7, 11) is 0. The highest BCUT2D eigenvalue weighted by Crippen LogP contribution is 2.42. The second-order valence-corrected chi connectivity index (χ2v) is 35.4. The average Bonchev–Trinajstić information content (AvgIpc) is 0.782. The molecule has 0 spiro atoms. The minimum Gasteiger partial charge on any atom is -0.261 e. The molecule has 0 fully saturated rings. The number of hydrogen-bond donors (Lipinski definition) is 0. The number of rotatable bonds is 18. The van der Waals surface area contributed by atoms with Gasteiger partial charge in [0.25, 0.3) is 0 Å². The molecular weight excluding hydrogens is 1710 g/mol. The predicted octanol–water partition coefficient (Wildman–Crippen LogP) is 34.0. The summed E-state index contributed by atoms with van der Waals surface area (Å²) in [6, 6.07) is 174. The highest BCUT2D eigenvalue weighted by molar-refractivity contribution is 5.94. The Morgan fingerprint density at radius 1 is 0.135 bits per heavy atom. The fourth-order valence-electron chi connectivity index (χ4n) is 18.3. The van der Waals surface area contributed by atoms with Crippen LogP contribution in [-0.4, -0.2) is 44.9 Å². The van der Waals surface area contributed by atoms with Gasteiger partial charge in [-0.05, 0) is 246 Å². The van der Waals surface area contributed by atoms with Gasteiger partial charge in [0.15, 0.2) is 17.5 Å². The van der Waals surface area contributed by atoms with Gasteiger partial charge < -0.3 is 0 Å². The van der Waals surface area contributed by atoms with Gasteiger partial charge in [0.2, 0.25) is 0 Å². The Bertz CT molecular complexity index is 8450. The molecule has 6 aromatic heterocycles. The highest BCUT2D eigenvalue weighted by Gasteiger charge is 2.21. The highest BCUT2D eigenvalue weighted by atomic mass is 14.9. The summed E-state index contributed by atoms with van der Waals surface area (Å²) in [5, 5.41) is 7.30. The Labute approximate surface area is 821 Å². The molecule has 666 valence electrons. The molecule has 6 heterocycles. The lowest BCUT2D eigenvalue weighted by Gasteiger charge is -2.14. The average molecular weight is 1810 g/mol. The molecule has 0 atom stereocenters. The molecule has 141 heavy (non-hydrogen) atoms. The molecule has 0 amide bonds. The summed E-state index contributed by atoms with van der Waals surface area (Å²) in [6.45, 7) is 6.08. The van der Waals surface area contributed by atoms with Crippen molar-refractivity contribution < 1.29 is 0 Å². The van der Waals surface area contributed by atoms with E-state index >= 15 is 0 Å². The van der Waals surface area contributed by atoms with Crippen molar-refractivity contribution in [3.63, 3.8) is 0 Å². The van der Waals surface area contributed by atoms with Gasteiger partial charge >= 0.3 is 0 Å². The van der Waals surface area contributed by atoms with Gasteiger partial charge in [-0.25, -0.2) is 29.9 Å². The van der Waals surface area contributed by atoms with Crippen LogP contribution in [0.1, 0.15) is 17.1 Å². The topological polar surface area (TPSA) is 116 Å². The van der Waals surface area contributed by atoms with Crippen LogP contribution in [0.15, 0.2) is 510 Å². The van der Waals surface area contributed by atoms with Gasteiger partial charge in [0.1, 0.15) is 0 Å². The van der Waals surface area contributed by atoms with Crippen LogP contribution in [0.5, 0.6) is 0 Å². The zero-order chi connectivity index (χ0) is 94.7. The minimum absolute atomic E-state index is 0.690. The molecule has 9 nitrogen and oxygen atoms in total. The standard InChI is InChI=1S/3C44H31N3/c1-30-11-10-18-41(45-30)35-22-19-32(20-23-35)38-26-39(37-24-21-31-12-8-9-17-36(31)25-37)28-40(27-38)44-46-42(33-13-4-2-5-14-33)29-43(47-44)34-15-6-3-7-16-34;1-30-41(17-10-24-45-30)33-21-18-32(19-22-33)38-26-39(37-23-20-31-11-8-9-16-36(31)25-37)28-40(27-38)44-46-42(34-12-4-2-5-13-34)29-43(47-44)35-14-6-3-7-15-35;1-30-16-17-38(29-45-30)32-18-20-33(21-19-32)39-25-40(37-23-22-31-10-8-9-15-36(31)24-37)27-41(26-39)44-46-42(34-11-4-2-5-12-34)28-43(47-44)35-13-6-3-7-14-35/h3*2-29H,1H3. The summed E-state index contributed by atoms with van der Waals surface area (Å²) < 4.78 is 0. The van der Waals surface area contributed by atoms with Crippen LogP contribution >= 0.6 is 0 Å². The van der Waals surface area contributed by atoms with Crippen molar-refractivity contribution >= 4 is 32.3 Å². The molecular formula is C132H93N9. The van der Waals surface area contributed by atoms with Gasteiger partial charge in [-0.15, -0.1) is 0 Å². The molecule has 24 aromatic rings. The Kier molecular flexibility index (Phi) is 25.0. The van der Waals surface area contributed by atoms with Crippen LogP contribution in [-0.2, 0) is 0 Å². The van der Waals surface area contributed by atoms with E-state index in [2.05, 4.69) is 417 Å². The number of aryl methyl sites for hydroxylation is 3. The van der Waals surface area contributed by atoms with Crippen LogP contribution < -0.4 is 0 Å². The molecule has 0 saturated carbocycles. The Morgan fingerprint density at radius 2 is 0.397 bits per heavy atom. The smallest absolute Gasteiger partial charge is 0.160 e. The van der Waals surface area contributed by atoms with E-state index < -0.39 is 0 Å². The third-order valence-corrected chi connectivity index (χ3v) is 25.8. The van der Waals surface area contributed by atoms with E-state index in [1.165, 1.54) is 32.3 Å². The van der Waals surface area contributed by atoms with Crippen LogP contribution in [0.25, 0.3) is 234 Å². The summed E-state index contributed by atoms with van der Waals surface area (Å²) in [5.41, 5.74) is 37.7. The van der Waals surface area contributed by atoms with Gasteiger partial charge in [-0.1, -0.05) is 382 Å². The van der Waals surface area contributed by atoms with Crippen LogP contribution in [0.3, 0.4) is 0 Å².